The van der Waals surface area contributed by atoms with E-state index < -0.39 is 0 Å². The van der Waals surface area contributed by atoms with Crippen LogP contribution in [-0.4, -0.2) is 25.9 Å². The molecule has 0 radical (unpaired) electrons. The lowest BCUT2D eigenvalue weighted by Gasteiger charge is -2.03. The molecule has 0 saturated heterocycles. The van der Waals surface area contributed by atoms with E-state index in [-0.39, 0.29) is 0 Å². The Morgan fingerprint density at radius 2 is 2.44 bits per heavy atom. The molecule has 1 N–H and O–H groups in total. The number of nitrogens with zero attached hydrogens (tertiary/aromatic N) is 4. The number of hydrogen-bond acceptors (Lipinski definition) is 5. The van der Waals surface area contributed by atoms with Crippen molar-refractivity contribution in [3.63, 3.8) is 0 Å². The van der Waals surface area contributed by atoms with Crippen molar-refractivity contribution in [2.75, 3.05) is 11.9 Å². The summed E-state index contributed by atoms with van der Waals surface area (Å²) >= 11 is 3.64. The van der Waals surface area contributed by atoms with Crippen LogP contribution in [0.4, 0.5) is 5.00 Å². The number of rotatable bonds is 5. The van der Waals surface area contributed by atoms with Crippen LogP contribution < -0.4 is 5.32 Å². The third-order valence-electron chi connectivity index (χ3n) is 2.00. The average molecular weight is 349 g/mol. The average Bonchev–Trinajstić information content (AvgIpc) is 2.86. The van der Waals surface area contributed by atoms with Gasteiger partial charge in [0.2, 0.25) is 0 Å². The number of aromatic nitrogens is 4. The third kappa shape index (κ3) is 2.91. The lowest BCUT2D eigenvalue weighted by molar-refractivity contribution is 0.670. The van der Waals surface area contributed by atoms with E-state index in [1.165, 1.54) is 11.5 Å². The fourth-order valence-corrected chi connectivity index (χ4v) is 2.31. The first-order valence-corrected chi connectivity index (χ1v) is 6.88. The number of nitrogens with one attached hydrogen (secondary N) is 1. The molecule has 5 nitrogen and oxygen atoms in total. The van der Waals surface area contributed by atoms with Gasteiger partial charge in [-0.1, -0.05) is 11.4 Å². The number of hydrogen-bond donors (Lipinski definition) is 1. The Morgan fingerprint density at radius 3 is 3.12 bits per heavy atom. The summed E-state index contributed by atoms with van der Waals surface area (Å²) in [4.78, 5) is 0. The normalized spacial score (nSPS) is 10.6. The first-order chi connectivity index (χ1) is 7.79. The standard InChI is InChI=1S/C9H12IN5S/c1-2-3-11-9-8(13-14-16-9)6-15-5-7(10)4-12-15/h4-5,11H,2-3,6H2,1H3. The van der Waals surface area contributed by atoms with Gasteiger partial charge in [-0.2, -0.15) is 5.10 Å². The van der Waals surface area contributed by atoms with Gasteiger partial charge in [0.05, 0.1) is 16.3 Å². The molecule has 86 valence electrons. The largest absolute Gasteiger partial charge is 0.374 e. The van der Waals surface area contributed by atoms with Crippen LogP contribution in [0.25, 0.3) is 0 Å². The maximum atomic E-state index is 4.23. The van der Waals surface area contributed by atoms with Crippen molar-refractivity contribution in [1.29, 1.82) is 0 Å². The van der Waals surface area contributed by atoms with Gasteiger partial charge in [0.1, 0.15) is 10.7 Å². The zero-order valence-corrected chi connectivity index (χ0v) is 11.8. The maximum absolute atomic E-state index is 4.23. The minimum Gasteiger partial charge on any atom is -0.374 e. The summed E-state index contributed by atoms with van der Waals surface area (Å²) in [6, 6.07) is 0. The third-order valence-corrected chi connectivity index (χ3v) is 3.29. The molecule has 0 aliphatic heterocycles. The van der Waals surface area contributed by atoms with E-state index in [4.69, 9.17) is 0 Å². The topological polar surface area (TPSA) is 55.6 Å². The summed E-state index contributed by atoms with van der Waals surface area (Å²) in [6.45, 7) is 3.76. The van der Waals surface area contributed by atoms with Gasteiger partial charge in [-0.05, 0) is 29.0 Å². The van der Waals surface area contributed by atoms with Gasteiger partial charge in [0, 0.05) is 24.3 Å². The summed E-state index contributed by atoms with van der Waals surface area (Å²) in [5.74, 6) is 0. The van der Waals surface area contributed by atoms with E-state index in [0.717, 1.165) is 27.2 Å². The Kier molecular flexibility index (Phi) is 4.10. The highest BCUT2D eigenvalue weighted by Crippen LogP contribution is 2.18. The Bertz CT molecular complexity index is 452. The van der Waals surface area contributed by atoms with Crippen LogP contribution in [0.5, 0.6) is 0 Å². The van der Waals surface area contributed by atoms with Crippen molar-refractivity contribution in [1.82, 2.24) is 19.4 Å². The van der Waals surface area contributed by atoms with E-state index in [2.05, 4.69) is 49.5 Å². The molecule has 2 aromatic rings. The summed E-state index contributed by atoms with van der Waals surface area (Å²) in [7, 11) is 0. The predicted octanol–water partition coefficient (Wildman–Crippen LogP) is 2.21. The van der Waals surface area contributed by atoms with Crippen LogP contribution in [0, 0.1) is 3.57 Å². The van der Waals surface area contributed by atoms with Gasteiger partial charge < -0.3 is 5.32 Å². The van der Waals surface area contributed by atoms with Crippen LogP contribution in [0.1, 0.15) is 19.0 Å². The second-order valence-electron chi connectivity index (χ2n) is 3.33. The maximum Gasteiger partial charge on any atom is 0.135 e. The molecule has 0 bridgehead atoms. The Labute approximate surface area is 112 Å². The molecule has 0 fully saturated rings. The van der Waals surface area contributed by atoms with Gasteiger partial charge in [-0.15, -0.1) is 5.10 Å². The Balaban J connectivity index is 2.06. The molecule has 2 rings (SSSR count). The van der Waals surface area contributed by atoms with Gasteiger partial charge in [-0.25, -0.2) is 0 Å². The predicted molar refractivity (Wildman–Crippen MR) is 72.7 cm³/mol. The molecule has 7 heteroatoms. The zero-order chi connectivity index (χ0) is 11.4. The van der Waals surface area contributed by atoms with Crippen molar-refractivity contribution in [3.05, 3.63) is 21.7 Å². The first-order valence-electron chi connectivity index (χ1n) is 5.02. The van der Waals surface area contributed by atoms with Crippen LogP contribution in [0.15, 0.2) is 12.4 Å². The van der Waals surface area contributed by atoms with Crippen LogP contribution in [0.2, 0.25) is 0 Å². The van der Waals surface area contributed by atoms with Gasteiger partial charge in [0.25, 0.3) is 0 Å². The quantitative estimate of drug-likeness (QED) is 0.841. The van der Waals surface area contributed by atoms with Crippen LogP contribution in [-0.2, 0) is 6.54 Å². The van der Waals surface area contributed by atoms with E-state index in [0.29, 0.717) is 6.54 Å². The molecular formula is C9H12IN5S. The summed E-state index contributed by atoms with van der Waals surface area (Å²) in [5.41, 5.74) is 0.956. The minimum atomic E-state index is 0.672. The van der Waals surface area contributed by atoms with E-state index in [1.54, 1.807) is 0 Å². The fraction of sp³-hybridized carbons (Fsp3) is 0.444. The molecule has 0 aromatic carbocycles. The van der Waals surface area contributed by atoms with E-state index in [1.807, 2.05) is 17.1 Å². The second kappa shape index (κ2) is 5.58. The number of halogens is 1. The van der Waals surface area contributed by atoms with Crippen LogP contribution >= 0.6 is 34.1 Å². The Morgan fingerprint density at radius 1 is 1.56 bits per heavy atom. The summed E-state index contributed by atoms with van der Waals surface area (Å²) in [6.07, 6.45) is 4.92. The van der Waals surface area contributed by atoms with Gasteiger partial charge >= 0.3 is 0 Å². The van der Waals surface area contributed by atoms with Crippen molar-refractivity contribution >= 4 is 39.1 Å². The highest BCUT2D eigenvalue weighted by atomic mass is 127. The fourth-order valence-electron chi connectivity index (χ4n) is 1.26. The summed E-state index contributed by atoms with van der Waals surface area (Å²) < 4.78 is 6.96. The van der Waals surface area contributed by atoms with Crippen molar-refractivity contribution in [3.8, 4) is 0 Å². The molecule has 0 atom stereocenters. The first kappa shape index (κ1) is 11.8. The SMILES string of the molecule is CCCNc1snnc1Cn1cc(I)cn1. The minimum absolute atomic E-state index is 0.672. The van der Waals surface area contributed by atoms with Gasteiger partial charge in [0.15, 0.2) is 0 Å². The van der Waals surface area contributed by atoms with Crippen molar-refractivity contribution < 1.29 is 0 Å². The molecule has 0 spiro atoms. The molecule has 0 unspecified atom stereocenters. The number of anilines is 1. The molecule has 2 aromatic heterocycles. The van der Waals surface area contributed by atoms with Gasteiger partial charge in [-0.3, -0.25) is 4.68 Å². The highest BCUT2D eigenvalue weighted by molar-refractivity contribution is 14.1. The molecule has 0 amide bonds. The molecular weight excluding hydrogens is 337 g/mol. The molecule has 0 aliphatic carbocycles. The zero-order valence-electron chi connectivity index (χ0n) is 8.85. The molecule has 2 heterocycles. The highest BCUT2D eigenvalue weighted by Gasteiger charge is 2.08. The Hall–Kier alpha value is -0.700. The summed E-state index contributed by atoms with van der Waals surface area (Å²) in [5, 5.41) is 12.7. The van der Waals surface area contributed by atoms with Crippen molar-refractivity contribution in [2.24, 2.45) is 0 Å². The van der Waals surface area contributed by atoms with Crippen LogP contribution in [0.3, 0.4) is 0 Å². The smallest absolute Gasteiger partial charge is 0.135 e. The lowest BCUT2D eigenvalue weighted by atomic mass is 10.4. The molecule has 0 saturated carbocycles. The second-order valence-corrected chi connectivity index (χ2v) is 5.33. The van der Waals surface area contributed by atoms with Crippen molar-refractivity contribution in [2.45, 2.75) is 19.9 Å². The van der Waals surface area contributed by atoms with E-state index in [9.17, 15) is 0 Å². The lowest BCUT2D eigenvalue weighted by Crippen LogP contribution is -2.05. The van der Waals surface area contributed by atoms with E-state index >= 15 is 0 Å². The molecule has 0 aliphatic rings. The monoisotopic (exact) mass is 349 g/mol. The molecule has 16 heavy (non-hydrogen) atoms.